The average molecular weight is 1250 g/mol. The molecule has 0 unspecified atom stereocenters. The lowest BCUT2D eigenvalue weighted by molar-refractivity contribution is -0.141. The molecule has 6 aromatic rings. The number of carbonyl (C=O) groups excluding carboxylic acids is 4. The van der Waals surface area contributed by atoms with Crippen molar-refractivity contribution in [2.75, 3.05) is 21.3 Å². The van der Waals surface area contributed by atoms with Gasteiger partial charge in [-0.2, -0.15) is 0 Å². The van der Waals surface area contributed by atoms with Crippen LogP contribution in [0.2, 0.25) is 0 Å². The van der Waals surface area contributed by atoms with Crippen molar-refractivity contribution in [2.45, 2.75) is 156 Å². The number of nitrogens with zero attached hydrogens (tertiary/aromatic N) is 9. The summed E-state index contributed by atoms with van der Waals surface area (Å²) in [5.41, 5.74) is 12.9. The molecule has 0 saturated carbocycles. The number of carbonyl (C=O) groups is 4. The average Bonchev–Trinajstić information content (AvgIpc) is 1.68. The van der Waals surface area contributed by atoms with Crippen LogP contribution < -0.4 is 0 Å². The number of aliphatic hydroxyl groups is 2. The van der Waals surface area contributed by atoms with Crippen LogP contribution in [0.15, 0.2) is 114 Å². The van der Waals surface area contributed by atoms with E-state index in [1.54, 1.807) is 6.08 Å². The van der Waals surface area contributed by atoms with Gasteiger partial charge in [0.05, 0.1) is 69.6 Å². The van der Waals surface area contributed by atoms with Gasteiger partial charge in [-0.15, -0.1) is 0 Å². The molecular weight excluding hydrogens is 1170 g/mol. The first-order valence-corrected chi connectivity index (χ1v) is 32.1. The second-order valence-electron chi connectivity index (χ2n) is 26.5. The van der Waals surface area contributed by atoms with Crippen molar-refractivity contribution >= 4 is 29.8 Å². The summed E-state index contributed by atoms with van der Waals surface area (Å²) in [7, 11) is 4.17. The molecule has 3 heterocycles. The zero-order chi connectivity index (χ0) is 67.0. The lowest BCUT2D eigenvalue weighted by Crippen LogP contribution is -2.45. The van der Waals surface area contributed by atoms with E-state index < -0.39 is 5.41 Å². The quantitative estimate of drug-likeness (QED) is 0.0538. The van der Waals surface area contributed by atoms with Crippen molar-refractivity contribution in [2.24, 2.45) is 35.5 Å². The molecule has 6 aliphatic carbocycles. The van der Waals surface area contributed by atoms with E-state index in [0.717, 1.165) is 113 Å². The van der Waals surface area contributed by atoms with Crippen molar-refractivity contribution in [1.29, 1.82) is 0 Å². The third-order valence-corrected chi connectivity index (χ3v) is 21.1. The van der Waals surface area contributed by atoms with Crippen LogP contribution >= 0.6 is 0 Å². The van der Waals surface area contributed by atoms with Crippen LogP contribution in [0.5, 0.6) is 0 Å². The van der Waals surface area contributed by atoms with Crippen LogP contribution in [0.4, 0.5) is 0 Å². The summed E-state index contributed by atoms with van der Waals surface area (Å²) >= 11 is 0. The van der Waals surface area contributed by atoms with E-state index in [-0.39, 0.29) is 87.2 Å². The molecule has 93 heavy (non-hydrogen) atoms. The number of aryl methyl sites for hydroxylation is 5. The van der Waals surface area contributed by atoms with Gasteiger partial charge in [0.15, 0.2) is 5.78 Å². The SMILES string of the molecule is [C-]#[N+]C1=C(O)[C@@H](C)[C@@H]2CCc3c(nc(C)n3-c3cccc(/C=C/C(=O)OC)c3)[C@@]2(C)C1.[C-]#[N+]C1=C(O)[C@@H](C)[C@@H]2CCc3c(nc(C)n3-c3cccc(CCC(=O)OC)c3)[C@@]2(C)C1.[C-]#[N+]C1=C[C@]2(C)c3nc(C)n(-c4cccc(CCC(=O)OC)c4)c3CC[C@H]2[C@H](C)C1=O. The third kappa shape index (κ3) is 12.1. The number of Topliss-reactive ketones (excluding diaryl/α,β-unsaturated/α-hetero) is 1. The number of hydrogen-bond acceptors (Lipinski definition) is 12. The molecule has 0 bridgehead atoms. The highest BCUT2D eigenvalue weighted by molar-refractivity contribution is 6.00. The summed E-state index contributed by atoms with van der Waals surface area (Å²) in [5, 5.41) is 21.0. The zero-order valence-electron chi connectivity index (χ0n) is 55.4. The fourth-order valence-electron chi connectivity index (χ4n) is 16.4. The van der Waals surface area contributed by atoms with Crippen LogP contribution in [0.1, 0.15) is 155 Å². The lowest BCUT2D eigenvalue weighted by Gasteiger charge is -2.47. The van der Waals surface area contributed by atoms with E-state index in [0.29, 0.717) is 49.9 Å². The number of aromatic nitrogens is 6. The smallest absolute Gasteiger partial charge is 0.330 e. The maximum Gasteiger partial charge on any atom is 0.330 e. The van der Waals surface area contributed by atoms with Gasteiger partial charge in [-0.1, -0.05) is 84.0 Å². The zero-order valence-corrected chi connectivity index (χ0v) is 55.4. The minimum absolute atomic E-state index is 0.0388. The molecule has 3 aromatic heterocycles. The number of esters is 3. The highest BCUT2D eigenvalue weighted by atomic mass is 16.5. The number of rotatable bonds is 11. The first-order chi connectivity index (χ1) is 44.4. The molecular formula is C75H83N9O9. The van der Waals surface area contributed by atoms with Crippen LogP contribution in [-0.2, 0) is 81.7 Å². The monoisotopic (exact) mass is 1250 g/mol. The van der Waals surface area contributed by atoms with Gasteiger partial charge in [0.2, 0.25) is 17.1 Å². The van der Waals surface area contributed by atoms with Gasteiger partial charge in [-0.3, -0.25) is 9.59 Å². The summed E-state index contributed by atoms with van der Waals surface area (Å²) in [6.07, 6.45) is 13.4. The van der Waals surface area contributed by atoms with Crippen molar-refractivity contribution in [3.05, 3.63) is 216 Å². The summed E-state index contributed by atoms with van der Waals surface area (Å²) < 4.78 is 20.8. The molecule has 2 N–H and O–H groups in total. The van der Waals surface area contributed by atoms with Crippen molar-refractivity contribution in [3.8, 4) is 17.1 Å². The Morgan fingerprint density at radius 3 is 1.44 bits per heavy atom. The summed E-state index contributed by atoms with van der Waals surface area (Å²) in [5.74, 6) is 2.75. The van der Waals surface area contributed by atoms with Crippen molar-refractivity contribution in [1.82, 2.24) is 28.7 Å². The Bertz CT molecular complexity index is 4250. The summed E-state index contributed by atoms with van der Waals surface area (Å²) in [6.45, 7) is 41.0. The van der Waals surface area contributed by atoms with Gasteiger partial charge in [0.1, 0.15) is 17.5 Å². The molecule has 0 fully saturated rings. The minimum Gasteiger partial charge on any atom is -0.523 e. The topological polar surface area (TPSA) is 203 Å². The van der Waals surface area contributed by atoms with Crippen molar-refractivity contribution < 1.29 is 43.6 Å². The van der Waals surface area contributed by atoms with E-state index >= 15 is 0 Å². The van der Waals surface area contributed by atoms with E-state index in [9.17, 15) is 29.4 Å². The van der Waals surface area contributed by atoms with Crippen LogP contribution in [-0.4, -0.2) is 83.9 Å². The van der Waals surface area contributed by atoms with E-state index in [1.165, 1.54) is 38.8 Å². The van der Waals surface area contributed by atoms with E-state index in [4.69, 9.17) is 44.1 Å². The number of ether oxygens (including phenoxy) is 3. The first-order valence-electron chi connectivity index (χ1n) is 32.1. The number of benzene rings is 3. The van der Waals surface area contributed by atoms with Crippen LogP contribution in [0.3, 0.4) is 0 Å². The predicted molar refractivity (Wildman–Crippen MR) is 353 cm³/mol. The molecule has 0 saturated heterocycles. The molecule has 0 amide bonds. The van der Waals surface area contributed by atoms with Gasteiger partial charge in [0.25, 0.3) is 0 Å². The van der Waals surface area contributed by atoms with Gasteiger partial charge in [-0.25, -0.2) is 34.3 Å². The number of allylic oxidation sites excluding steroid dienone is 6. The Hall–Kier alpha value is -9.60. The van der Waals surface area contributed by atoms with Crippen molar-refractivity contribution in [3.63, 3.8) is 0 Å². The third-order valence-electron chi connectivity index (χ3n) is 21.1. The lowest BCUT2D eigenvalue weighted by atomic mass is 9.58. The molecule has 12 rings (SSSR count). The Balaban J connectivity index is 0.000000153. The Kier molecular flexibility index (Phi) is 18.9. The summed E-state index contributed by atoms with van der Waals surface area (Å²) in [6, 6.07) is 24.4. The fourth-order valence-corrected chi connectivity index (χ4v) is 16.4. The number of methoxy groups -OCH3 is 3. The maximum atomic E-state index is 12.6. The van der Waals surface area contributed by atoms with Crippen LogP contribution in [0, 0.1) is 76.0 Å². The minimum atomic E-state index is -0.431. The maximum absolute atomic E-state index is 12.6. The highest BCUT2D eigenvalue weighted by Crippen LogP contribution is 2.56. The molecule has 3 aromatic carbocycles. The molecule has 0 radical (unpaired) electrons. The molecule has 482 valence electrons. The van der Waals surface area contributed by atoms with E-state index in [1.807, 2.05) is 96.1 Å². The largest absolute Gasteiger partial charge is 0.523 e. The van der Waals surface area contributed by atoms with Gasteiger partial charge < -0.3 is 42.9 Å². The number of ketones is 1. The Morgan fingerprint density at radius 2 is 1.01 bits per heavy atom. The molecule has 18 heteroatoms. The number of hydrogen-bond donors (Lipinski definition) is 2. The molecule has 0 aliphatic heterocycles. The molecule has 0 spiro atoms. The first kappa shape index (κ1) is 66.3. The van der Waals surface area contributed by atoms with Crippen LogP contribution in [0.25, 0.3) is 37.7 Å². The Labute approximate surface area is 545 Å². The second kappa shape index (κ2) is 26.6. The predicted octanol–water partition coefficient (Wildman–Crippen LogP) is 13.9. The number of aliphatic hydroxyl groups excluding tert-OH is 2. The van der Waals surface area contributed by atoms with Gasteiger partial charge in [0, 0.05) is 87.1 Å². The fraction of sp³-hybridized carbons (Fsp3) is 0.440. The number of fused-ring (bicyclic) bond motifs is 9. The standard InChI is InChI=1S/C25H29N3O3.2C25H27N3O3/c3*1-15-19-10-11-21-24(25(19,3)14-20(26-4)23(15)30)27-16(2)28(21)18-8-6-7-17(13-18)9-12-22(29)31-5/h6-8,13,15,19,30H,9-12,14H2,1-3,5H3;6-8,13-15,19H,9-12H2,1-3,5H3;6-9,12-13,15,19,30H,10-11,14H2,1-3,5H3/b;;12-9+/t3*15-,19-,25-/m000/s1. The second-order valence-corrected chi connectivity index (χ2v) is 26.5. The Morgan fingerprint density at radius 1 is 0.591 bits per heavy atom. The van der Waals surface area contributed by atoms with Gasteiger partial charge in [-0.05, 0) is 162 Å². The van der Waals surface area contributed by atoms with Gasteiger partial charge >= 0.3 is 17.9 Å². The summed E-state index contributed by atoms with van der Waals surface area (Å²) in [4.78, 5) is 72.8. The molecule has 18 nitrogen and oxygen atoms in total. The highest BCUT2D eigenvalue weighted by Gasteiger charge is 2.53. The molecule has 6 aliphatic rings. The van der Waals surface area contributed by atoms with E-state index in [2.05, 4.69) is 78.0 Å². The normalized spacial score (nSPS) is 24.9. The number of imidazole rings is 3. The molecule has 9 atom stereocenters.